The molecule has 21 heavy (non-hydrogen) atoms. The Morgan fingerprint density at radius 1 is 1.10 bits per heavy atom. The highest BCUT2D eigenvalue weighted by atomic mass is 16.5. The van der Waals surface area contributed by atoms with E-state index in [1.165, 1.54) is 0 Å². The number of carbonyl (C=O) groups is 1. The molecule has 0 aliphatic heterocycles. The molecule has 0 fully saturated rings. The Hall–Kier alpha value is -2.33. The topological polar surface area (TPSA) is 66.8 Å². The van der Waals surface area contributed by atoms with Crippen molar-refractivity contribution in [1.29, 1.82) is 0 Å². The van der Waals surface area contributed by atoms with Crippen LogP contribution in [0.15, 0.2) is 36.4 Å². The molecule has 0 heterocycles. The van der Waals surface area contributed by atoms with Crippen molar-refractivity contribution in [2.24, 2.45) is 0 Å². The van der Waals surface area contributed by atoms with Gasteiger partial charge in [-0.3, -0.25) is 0 Å². The lowest BCUT2D eigenvalue weighted by Crippen LogP contribution is -2.02. The number of carboxylic acids is 1. The molecule has 0 unspecified atom stereocenters. The second-order valence-corrected chi connectivity index (χ2v) is 4.89. The highest BCUT2D eigenvalue weighted by molar-refractivity contribution is 5.88. The van der Waals surface area contributed by atoms with E-state index in [9.17, 15) is 4.79 Å². The lowest BCUT2D eigenvalue weighted by Gasteiger charge is -2.13. The zero-order valence-corrected chi connectivity index (χ0v) is 12.1. The van der Waals surface area contributed by atoms with Crippen LogP contribution in [0.25, 0.3) is 11.1 Å². The van der Waals surface area contributed by atoms with Crippen molar-refractivity contribution in [3.05, 3.63) is 53.1 Å². The lowest BCUT2D eigenvalue weighted by atomic mass is 9.95. The van der Waals surface area contributed by atoms with Crippen LogP contribution in [0, 0.1) is 13.8 Å². The summed E-state index contributed by atoms with van der Waals surface area (Å²) in [6.45, 7) is 4.22. The van der Waals surface area contributed by atoms with Gasteiger partial charge < -0.3 is 14.9 Å². The summed E-state index contributed by atoms with van der Waals surface area (Å²) >= 11 is 0. The van der Waals surface area contributed by atoms with E-state index in [4.69, 9.17) is 14.9 Å². The van der Waals surface area contributed by atoms with Crippen LogP contribution < -0.4 is 4.74 Å². The number of rotatable bonds is 5. The van der Waals surface area contributed by atoms with E-state index in [1.54, 1.807) is 12.1 Å². The Balaban J connectivity index is 2.37. The van der Waals surface area contributed by atoms with Gasteiger partial charge in [-0.15, -0.1) is 0 Å². The number of aryl methyl sites for hydroxylation is 2. The van der Waals surface area contributed by atoms with E-state index < -0.39 is 5.97 Å². The van der Waals surface area contributed by atoms with Gasteiger partial charge in [-0.2, -0.15) is 0 Å². The van der Waals surface area contributed by atoms with Gasteiger partial charge in [0.25, 0.3) is 0 Å². The lowest BCUT2D eigenvalue weighted by molar-refractivity contribution is 0.0697. The second kappa shape index (κ2) is 6.41. The van der Waals surface area contributed by atoms with Crippen LogP contribution >= 0.6 is 0 Å². The average Bonchev–Trinajstić information content (AvgIpc) is 2.45. The Labute approximate surface area is 123 Å². The molecule has 4 nitrogen and oxygen atoms in total. The minimum Gasteiger partial charge on any atom is -0.491 e. The monoisotopic (exact) mass is 286 g/mol. The van der Waals surface area contributed by atoms with Crippen molar-refractivity contribution < 1.29 is 19.7 Å². The van der Waals surface area contributed by atoms with Gasteiger partial charge in [-0.05, 0) is 60.4 Å². The summed E-state index contributed by atoms with van der Waals surface area (Å²) in [7, 11) is 0. The number of ether oxygens (including phenoxy) is 1. The third-order valence-electron chi connectivity index (χ3n) is 3.29. The largest absolute Gasteiger partial charge is 0.491 e. The number of aliphatic hydroxyl groups excluding tert-OH is 1. The van der Waals surface area contributed by atoms with Gasteiger partial charge in [0.1, 0.15) is 12.4 Å². The Kier molecular flexibility index (Phi) is 4.60. The molecule has 0 bridgehead atoms. The van der Waals surface area contributed by atoms with Crippen LogP contribution in [0.5, 0.6) is 5.75 Å². The molecule has 2 aromatic carbocycles. The standard InChI is InChI=1S/C17H18O4/c1-11-9-15(21-8-7-18)10-12(2)16(11)13-3-5-14(6-4-13)17(19)20/h3-6,9-10,18H,7-8H2,1-2H3,(H,19,20). The summed E-state index contributed by atoms with van der Waals surface area (Å²) in [6.07, 6.45) is 0. The van der Waals surface area contributed by atoms with Crippen molar-refractivity contribution in [1.82, 2.24) is 0 Å². The molecule has 4 heteroatoms. The summed E-state index contributed by atoms with van der Waals surface area (Å²) in [6, 6.07) is 10.7. The molecule has 0 spiro atoms. The maximum Gasteiger partial charge on any atom is 0.335 e. The first-order chi connectivity index (χ1) is 10.0. The van der Waals surface area contributed by atoms with Crippen molar-refractivity contribution in [3.63, 3.8) is 0 Å². The summed E-state index contributed by atoms with van der Waals surface area (Å²) < 4.78 is 5.43. The number of carboxylic acid groups (broad SMARTS) is 1. The smallest absolute Gasteiger partial charge is 0.335 e. The number of aromatic carboxylic acids is 1. The molecule has 0 radical (unpaired) electrons. The van der Waals surface area contributed by atoms with Gasteiger partial charge in [-0.25, -0.2) is 4.79 Å². The summed E-state index contributed by atoms with van der Waals surface area (Å²) in [5, 5.41) is 17.7. The third kappa shape index (κ3) is 3.41. The molecule has 0 aromatic heterocycles. The molecular weight excluding hydrogens is 268 g/mol. The fourth-order valence-electron chi connectivity index (χ4n) is 2.41. The first-order valence-corrected chi connectivity index (χ1v) is 6.71. The Morgan fingerprint density at radius 2 is 1.67 bits per heavy atom. The van der Waals surface area contributed by atoms with E-state index in [0.717, 1.165) is 28.0 Å². The minimum atomic E-state index is -0.928. The average molecular weight is 286 g/mol. The predicted octanol–water partition coefficient (Wildman–Crippen LogP) is 3.04. The zero-order chi connectivity index (χ0) is 15.4. The van der Waals surface area contributed by atoms with Gasteiger partial charge in [0, 0.05) is 0 Å². The van der Waals surface area contributed by atoms with Gasteiger partial charge in [0.15, 0.2) is 0 Å². The molecule has 0 amide bonds. The van der Waals surface area contributed by atoms with Crippen LogP contribution in [0.2, 0.25) is 0 Å². The van der Waals surface area contributed by atoms with Crippen LogP contribution in [-0.4, -0.2) is 29.4 Å². The first-order valence-electron chi connectivity index (χ1n) is 6.71. The minimum absolute atomic E-state index is 0.0174. The molecule has 0 saturated heterocycles. The first kappa shape index (κ1) is 15.1. The highest BCUT2D eigenvalue weighted by Gasteiger charge is 2.09. The number of benzene rings is 2. The predicted molar refractivity (Wildman–Crippen MR) is 80.9 cm³/mol. The van der Waals surface area contributed by atoms with Crippen LogP contribution in [0.4, 0.5) is 0 Å². The molecule has 2 aromatic rings. The summed E-state index contributed by atoms with van der Waals surface area (Å²) in [4.78, 5) is 10.9. The van der Waals surface area contributed by atoms with E-state index in [0.29, 0.717) is 0 Å². The second-order valence-electron chi connectivity index (χ2n) is 4.89. The number of aliphatic hydroxyl groups is 1. The third-order valence-corrected chi connectivity index (χ3v) is 3.29. The van der Waals surface area contributed by atoms with Gasteiger partial charge in [-0.1, -0.05) is 12.1 Å². The molecule has 0 atom stereocenters. The van der Waals surface area contributed by atoms with E-state index in [2.05, 4.69) is 0 Å². The molecule has 0 aliphatic carbocycles. The molecule has 2 rings (SSSR count). The van der Waals surface area contributed by atoms with Gasteiger partial charge in [0.05, 0.1) is 12.2 Å². The molecule has 0 aliphatic rings. The van der Waals surface area contributed by atoms with Crippen LogP contribution in [0.3, 0.4) is 0 Å². The SMILES string of the molecule is Cc1cc(OCCO)cc(C)c1-c1ccc(C(=O)O)cc1. The Bertz CT molecular complexity index is 621. The van der Waals surface area contributed by atoms with Crippen molar-refractivity contribution in [3.8, 4) is 16.9 Å². The molecule has 2 N–H and O–H groups in total. The van der Waals surface area contributed by atoms with Crippen LogP contribution in [0.1, 0.15) is 21.5 Å². The quantitative estimate of drug-likeness (QED) is 0.886. The summed E-state index contributed by atoms with van der Waals surface area (Å²) in [5.74, 6) is -0.201. The number of hydrogen-bond acceptors (Lipinski definition) is 3. The fraction of sp³-hybridized carbons (Fsp3) is 0.235. The van der Waals surface area contributed by atoms with E-state index in [1.807, 2.05) is 38.1 Å². The van der Waals surface area contributed by atoms with E-state index >= 15 is 0 Å². The highest BCUT2D eigenvalue weighted by Crippen LogP contribution is 2.31. The molecule has 0 saturated carbocycles. The van der Waals surface area contributed by atoms with Crippen molar-refractivity contribution >= 4 is 5.97 Å². The summed E-state index contributed by atoms with van der Waals surface area (Å²) in [5.41, 5.74) is 4.42. The zero-order valence-electron chi connectivity index (χ0n) is 12.1. The molecule has 110 valence electrons. The number of hydrogen-bond donors (Lipinski definition) is 2. The maximum atomic E-state index is 10.9. The normalized spacial score (nSPS) is 10.4. The van der Waals surface area contributed by atoms with E-state index in [-0.39, 0.29) is 18.8 Å². The van der Waals surface area contributed by atoms with Gasteiger partial charge in [0.2, 0.25) is 0 Å². The van der Waals surface area contributed by atoms with Crippen molar-refractivity contribution in [2.75, 3.05) is 13.2 Å². The molecular formula is C17H18O4. The van der Waals surface area contributed by atoms with Gasteiger partial charge >= 0.3 is 5.97 Å². The van der Waals surface area contributed by atoms with Crippen LogP contribution in [-0.2, 0) is 0 Å². The Morgan fingerprint density at radius 3 is 2.14 bits per heavy atom. The maximum absolute atomic E-state index is 10.9. The van der Waals surface area contributed by atoms with Crippen molar-refractivity contribution in [2.45, 2.75) is 13.8 Å². The fourth-order valence-corrected chi connectivity index (χ4v) is 2.41.